The molecule has 7 heteroatoms. The van der Waals surface area contributed by atoms with Crippen molar-refractivity contribution in [2.75, 3.05) is 0 Å². The molecule has 0 bridgehead atoms. The molecule has 0 aliphatic rings. The van der Waals surface area contributed by atoms with Gasteiger partial charge >= 0.3 is 0 Å². The van der Waals surface area contributed by atoms with E-state index in [1.807, 2.05) is 52.0 Å². The smallest absolute Gasteiger partial charge is 0.245 e. The molecule has 0 spiro atoms. The van der Waals surface area contributed by atoms with Gasteiger partial charge in [0.05, 0.1) is 10.6 Å². The first-order chi connectivity index (χ1) is 12.1. The van der Waals surface area contributed by atoms with Gasteiger partial charge in [-0.2, -0.15) is 14.3 Å². The molecule has 6 nitrogen and oxygen atoms in total. The SMILES string of the molecule is CC(=O)Sc1c(C(C)(C)C)nn2c(-c3cccc(C)c3)nn(C(C)=O)c12. The molecule has 0 fully saturated rings. The quantitative estimate of drug-likeness (QED) is 0.635. The third-order valence-electron chi connectivity index (χ3n) is 3.95. The summed E-state index contributed by atoms with van der Waals surface area (Å²) in [6.45, 7) is 11.1. The Kier molecular flexibility index (Phi) is 4.52. The molecule has 2 aromatic heterocycles. The number of carbonyl (C=O) groups excluding carboxylic acids is 2. The van der Waals surface area contributed by atoms with Crippen LogP contribution in [0.25, 0.3) is 17.0 Å². The second-order valence-corrected chi connectivity index (χ2v) is 8.57. The second-order valence-electron chi connectivity index (χ2n) is 7.38. The molecule has 0 atom stereocenters. The standard InChI is InChI=1S/C19H22N4O2S/c1-11-8-7-9-14(10-11)17-21-22(12(2)24)18-15(26-13(3)25)16(19(4,5)6)20-23(17)18/h7-10H,1-6H3. The Labute approximate surface area is 156 Å². The molecule has 136 valence electrons. The topological polar surface area (TPSA) is 69.3 Å². The Bertz CT molecular complexity index is 1020. The molecule has 3 rings (SSSR count). The van der Waals surface area contributed by atoms with Gasteiger partial charge in [0.15, 0.2) is 16.6 Å². The molecule has 0 aliphatic heterocycles. The number of aryl methyl sites for hydroxylation is 1. The summed E-state index contributed by atoms with van der Waals surface area (Å²) in [5, 5.41) is 9.19. The number of benzene rings is 1. The van der Waals surface area contributed by atoms with Crippen molar-refractivity contribution < 1.29 is 9.59 Å². The number of fused-ring (bicyclic) bond motifs is 1. The number of hydrogen-bond donors (Lipinski definition) is 0. The van der Waals surface area contributed by atoms with E-state index in [0.717, 1.165) is 28.6 Å². The molecule has 0 aliphatic carbocycles. The van der Waals surface area contributed by atoms with Crippen LogP contribution in [0.5, 0.6) is 0 Å². The van der Waals surface area contributed by atoms with E-state index < -0.39 is 0 Å². The van der Waals surface area contributed by atoms with Crippen molar-refractivity contribution in [1.29, 1.82) is 0 Å². The van der Waals surface area contributed by atoms with Crippen molar-refractivity contribution in [2.45, 2.75) is 51.9 Å². The lowest BCUT2D eigenvalue weighted by molar-refractivity contribution is -0.109. The molecule has 0 amide bonds. The summed E-state index contributed by atoms with van der Waals surface area (Å²) in [6.07, 6.45) is 0. The Morgan fingerprint density at radius 1 is 1.12 bits per heavy atom. The predicted molar refractivity (Wildman–Crippen MR) is 103 cm³/mol. The molecular formula is C19H22N4O2S. The maximum Gasteiger partial charge on any atom is 0.245 e. The molecule has 26 heavy (non-hydrogen) atoms. The van der Waals surface area contributed by atoms with Gasteiger partial charge in [0, 0.05) is 24.8 Å². The number of hydrogen-bond acceptors (Lipinski definition) is 5. The van der Waals surface area contributed by atoms with Gasteiger partial charge in [-0.05, 0) is 24.8 Å². The van der Waals surface area contributed by atoms with Crippen molar-refractivity contribution in [3.05, 3.63) is 35.5 Å². The summed E-state index contributed by atoms with van der Waals surface area (Å²) in [6, 6.07) is 7.89. The van der Waals surface area contributed by atoms with E-state index >= 15 is 0 Å². The number of carbonyl (C=O) groups is 2. The van der Waals surface area contributed by atoms with E-state index in [4.69, 9.17) is 5.10 Å². The van der Waals surface area contributed by atoms with Gasteiger partial charge in [-0.25, -0.2) is 0 Å². The summed E-state index contributed by atoms with van der Waals surface area (Å²) in [5.74, 6) is 0.361. The number of nitrogens with zero attached hydrogens (tertiary/aromatic N) is 4. The van der Waals surface area contributed by atoms with E-state index in [9.17, 15) is 9.59 Å². The van der Waals surface area contributed by atoms with Crippen molar-refractivity contribution in [3.63, 3.8) is 0 Å². The van der Waals surface area contributed by atoms with E-state index in [-0.39, 0.29) is 16.4 Å². The zero-order chi connectivity index (χ0) is 19.2. The third-order valence-corrected chi connectivity index (χ3v) is 4.81. The zero-order valence-corrected chi connectivity index (χ0v) is 16.6. The Hall–Kier alpha value is -2.41. The lowest BCUT2D eigenvalue weighted by atomic mass is 9.92. The summed E-state index contributed by atoms with van der Waals surface area (Å²) in [5.41, 5.74) is 3.00. The molecule has 0 saturated heterocycles. The monoisotopic (exact) mass is 370 g/mol. The van der Waals surface area contributed by atoms with Crippen LogP contribution >= 0.6 is 11.8 Å². The Morgan fingerprint density at radius 2 is 1.81 bits per heavy atom. The van der Waals surface area contributed by atoms with Crippen LogP contribution < -0.4 is 0 Å². The van der Waals surface area contributed by atoms with Crippen molar-refractivity contribution in [1.82, 2.24) is 19.4 Å². The van der Waals surface area contributed by atoms with Gasteiger partial charge < -0.3 is 0 Å². The summed E-state index contributed by atoms with van der Waals surface area (Å²) >= 11 is 1.10. The van der Waals surface area contributed by atoms with E-state index in [0.29, 0.717) is 16.4 Å². The van der Waals surface area contributed by atoms with Gasteiger partial charge in [0.2, 0.25) is 5.91 Å². The summed E-state index contributed by atoms with van der Waals surface area (Å²) in [7, 11) is 0. The molecule has 0 N–H and O–H groups in total. The maximum absolute atomic E-state index is 12.2. The average molecular weight is 370 g/mol. The minimum Gasteiger partial charge on any atom is -0.287 e. The molecule has 0 radical (unpaired) electrons. The van der Waals surface area contributed by atoms with Crippen LogP contribution in [-0.2, 0) is 10.2 Å². The normalized spacial score (nSPS) is 11.9. The summed E-state index contributed by atoms with van der Waals surface area (Å²) < 4.78 is 3.02. The highest BCUT2D eigenvalue weighted by Crippen LogP contribution is 2.37. The van der Waals surface area contributed by atoms with Crippen LogP contribution in [0.3, 0.4) is 0 Å². The van der Waals surface area contributed by atoms with Gasteiger partial charge in [0.25, 0.3) is 0 Å². The van der Waals surface area contributed by atoms with Crippen molar-refractivity contribution in [2.24, 2.45) is 0 Å². The minimum absolute atomic E-state index is 0.0567. The first-order valence-corrected chi connectivity index (χ1v) is 9.20. The fourth-order valence-corrected chi connectivity index (χ4v) is 3.82. The van der Waals surface area contributed by atoms with Gasteiger partial charge in [-0.1, -0.05) is 44.5 Å². The van der Waals surface area contributed by atoms with Gasteiger partial charge in [0.1, 0.15) is 0 Å². The molecule has 1 aromatic carbocycles. The van der Waals surface area contributed by atoms with Crippen molar-refractivity contribution >= 4 is 28.4 Å². The molecule has 3 aromatic rings. The van der Waals surface area contributed by atoms with E-state index in [1.54, 1.807) is 4.52 Å². The first-order valence-electron chi connectivity index (χ1n) is 8.38. The third kappa shape index (κ3) is 3.19. The van der Waals surface area contributed by atoms with Crippen molar-refractivity contribution in [3.8, 4) is 11.4 Å². The zero-order valence-electron chi connectivity index (χ0n) is 15.8. The lowest BCUT2D eigenvalue weighted by Crippen LogP contribution is -2.14. The number of rotatable bonds is 2. The largest absolute Gasteiger partial charge is 0.287 e. The number of thioether (sulfide) groups is 1. The average Bonchev–Trinajstić information content (AvgIpc) is 3.04. The minimum atomic E-state index is -0.282. The van der Waals surface area contributed by atoms with Crippen LogP contribution in [0.15, 0.2) is 29.2 Å². The van der Waals surface area contributed by atoms with E-state index in [2.05, 4.69) is 5.10 Å². The summed E-state index contributed by atoms with van der Waals surface area (Å²) in [4.78, 5) is 24.8. The van der Waals surface area contributed by atoms with Crippen LogP contribution in [0.2, 0.25) is 0 Å². The van der Waals surface area contributed by atoms with Crippen LogP contribution in [0.1, 0.15) is 50.7 Å². The molecule has 0 unspecified atom stereocenters. The van der Waals surface area contributed by atoms with Gasteiger partial charge in [-0.3, -0.25) is 9.59 Å². The van der Waals surface area contributed by atoms with E-state index in [1.165, 1.54) is 18.5 Å². The van der Waals surface area contributed by atoms with Crippen LogP contribution in [0, 0.1) is 6.92 Å². The molecular weight excluding hydrogens is 348 g/mol. The Balaban J connectivity index is 2.41. The van der Waals surface area contributed by atoms with Gasteiger partial charge in [-0.15, -0.1) is 5.10 Å². The molecule has 2 heterocycles. The molecule has 0 saturated carbocycles. The highest BCUT2D eigenvalue weighted by molar-refractivity contribution is 8.13. The highest BCUT2D eigenvalue weighted by Gasteiger charge is 2.30. The fourth-order valence-electron chi connectivity index (χ4n) is 2.82. The predicted octanol–water partition coefficient (Wildman–Crippen LogP) is 4.10. The second kappa shape index (κ2) is 6.39. The van der Waals surface area contributed by atoms with Crippen LogP contribution in [0.4, 0.5) is 0 Å². The van der Waals surface area contributed by atoms with Crippen LogP contribution in [-0.4, -0.2) is 30.4 Å². The fraction of sp³-hybridized carbons (Fsp3) is 0.368. The highest BCUT2D eigenvalue weighted by atomic mass is 32.2. The first kappa shape index (κ1) is 18.4. The lowest BCUT2D eigenvalue weighted by Gasteiger charge is -2.16. The Morgan fingerprint density at radius 3 is 2.35 bits per heavy atom. The number of aromatic nitrogens is 4. The maximum atomic E-state index is 12.2.